The van der Waals surface area contributed by atoms with Crippen molar-refractivity contribution in [1.29, 1.82) is 5.26 Å². The van der Waals surface area contributed by atoms with Gasteiger partial charge >= 0.3 is 0 Å². The maximum absolute atomic E-state index is 11.7. The fraction of sp³-hybridized carbons (Fsp3) is 0.412. The molecule has 2 rings (SSSR count). The SMILES string of the molecule is N#CC1CCCCC1N=CC(C(N)=O)C(N)=Nc1ccc(Cl)cc1. The van der Waals surface area contributed by atoms with Crippen molar-refractivity contribution in [3.8, 4) is 6.07 Å². The molecule has 1 aliphatic rings. The average molecular weight is 346 g/mol. The van der Waals surface area contributed by atoms with Gasteiger partial charge in [-0.05, 0) is 37.1 Å². The van der Waals surface area contributed by atoms with Gasteiger partial charge in [0.25, 0.3) is 0 Å². The Morgan fingerprint density at radius 2 is 1.96 bits per heavy atom. The van der Waals surface area contributed by atoms with E-state index in [1.54, 1.807) is 24.3 Å². The van der Waals surface area contributed by atoms with Gasteiger partial charge in [-0.15, -0.1) is 0 Å². The number of aliphatic imine (C=N–C) groups is 2. The number of halogens is 1. The van der Waals surface area contributed by atoms with E-state index >= 15 is 0 Å². The van der Waals surface area contributed by atoms with Crippen molar-refractivity contribution >= 4 is 35.2 Å². The minimum absolute atomic E-state index is 0.0675. The first-order valence-electron chi connectivity index (χ1n) is 7.83. The van der Waals surface area contributed by atoms with E-state index in [4.69, 9.17) is 23.1 Å². The van der Waals surface area contributed by atoms with Gasteiger partial charge in [0.2, 0.25) is 5.91 Å². The summed E-state index contributed by atoms with van der Waals surface area (Å²) in [5, 5.41) is 9.77. The molecule has 3 atom stereocenters. The second-order valence-electron chi connectivity index (χ2n) is 5.78. The van der Waals surface area contributed by atoms with Gasteiger partial charge in [0.1, 0.15) is 11.8 Å². The lowest BCUT2D eigenvalue weighted by Crippen LogP contribution is -2.37. The zero-order valence-electron chi connectivity index (χ0n) is 13.2. The molecule has 0 aliphatic heterocycles. The van der Waals surface area contributed by atoms with E-state index in [-0.39, 0.29) is 17.8 Å². The molecule has 0 bridgehead atoms. The minimum Gasteiger partial charge on any atom is -0.386 e. The van der Waals surface area contributed by atoms with Crippen LogP contribution in [0.3, 0.4) is 0 Å². The smallest absolute Gasteiger partial charge is 0.233 e. The molecule has 1 aromatic rings. The van der Waals surface area contributed by atoms with Gasteiger partial charge in [0.05, 0.1) is 23.7 Å². The molecule has 1 aromatic carbocycles. The Bertz CT molecular complexity index is 677. The Balaban J connectivity index is 2.16. The topological polar surface area (TPSA) is 118 Å². The summed E-state index contributed by atoms with van der Waals surface area (Å²) in [6, 6.07) is 8.91. The number of nitrogens with two attached hydrogens (primary N) is 2. The van der Waals surface area contributed by atoms with E-state index in [0.717, 1.165) is 25.7 Å². The largest absolute Gasteiger partial charge is 0.386 e. The first-order chi connectivity index (χ1) is 11.5. The van der Waals surface area contributed by atoms with E-state index < -0.39 is 11.8 Å². The van der Waals surface area contributed by atoms with Gasteiger partial charge in [-0.3, -0.25) is 9.79 Å². The van der Waals surface area contributed by atoms with Crippen LogP contribution in [0.2, 0.25) is 5.02 Å². The standard InChI is InChI=1S/C17H20ClN5O/c18-12-5-7-13(8-6-12)23-16(20)14(17(21)24)10-22-15-4-2-1-3-11(15)9-19/h5-8,10-11,14-15H,1-4H2,(H2,20,23)(H2,21,24). The van der Waals surface area contributed by atoms with Crippen molar-refractivity contribution in [3.05, 3.63) is 29.3 Å². The summed E-state index contributed by atoms with van der Waals surface area (Å²) < 4.78 is 0. The molecule has 1 aliphatic carbocycles. The van der Waals surface area contributed by atoms with Gasteiger partial charge in [0, 0.05) is 11.2 Å². The summed E-state index contributed by atoms with van der Waals surface area (Å²) in [6.45, 7) is 0. The third-order valence-corrected chi connectivity index (χ3v) is 4.28. The number of carbonyl (C=O) groups excluding carboxylic acids is 1. The summed E-state index contributed by atoms with van der Waals surface area (Å²) in [6.07, 6.45) is 5.14. The van der Waals surface area contributed by atoms with Gasteiger partial charge in [-0.2, -0.15) is 5.26 Å². The van der Waals surface area contributed by atoms with Crippen molar-refractivity contribution in [2.45, 2.75) is 31.7 Å². The van der Waals surface area contributed by atoms with Crippen LogP contribution in [0.5, 0.6) is 0 Å². The Labute approximate surface area is 146 Å². The van der Waals surface area contributed by atoms with Gasteiger partial charge in [-0.1, -0.05) is 24.4 Å². The van der Waals surface area contributed by atoms with Crippen LogP contribution in [0.1, 0.15) is 25.7 Å². The molecule has 1 amide bonds. The number of carbonyl (C=O) groups is 1. The molecule has 126 valence electrons. The third-order valence-electron chi connectivity index (χ3n) is 4.03. The fourth-order valence-electron chi connectivity index (χ4n) is 2.67. The lowest BCUT2D eigenvalue weighted by molar-refractivity contribution is -0.118. The molecule has 6 nitrogen and oxygen atoms in total. The van der Waals surface area contributed by atoms with Crippen LogP contribution in [-0.2, 0) is 4.79 Å². The van der Waals surface area contributed by atoms with E-state index in [2.05, 4.69) is 16.1 Å². The number of rotatable bonds is 5. The van der Waals surface area contributed by atoms with E-state index in [0.29, 0.717) is 10.7 Å². The van der Waals surface area contributed by atoms with Crippen LogP contribution in [-0.4, -0.2) is 24.0 Å². The summed E-state index contributed by atoms with van der Waals surface area (Å²) in [5.41, 5.74) is 11.9. The predicted molar refractivity (Wildman–Crippen MR) is 95.3 cm³/mol. The summed E-state index contributed by atoms with van der Waals surface area (Å²) in [4.78, 5) is 20.3. The molecule has 0 saturated heterocycles. The predicted octanol–water partition coefficient (Wildman–Crippen LogP) is 2.58. The number of hydrogen-bond donors (Lipinski definition) is 2. The highest BCUT2D eigenvalue weighted by molar-refractivity contribution is 6.30. The van der Waals surface area contributed by atoms with Crippen LogP contribution in [0, 0.1) is 23.2 Å². The van der Waals surface area contributed by atoms with E-state index in [1.165, 1.54) is 6.21 Å². The maximum Gasteiger partial charge on any atom is 0.233 e. The molecule has 0 radical (unpaired) electrons. The second kappa shape index (κ2) is 8.46. The van der Waals surface area contributed by atoms with Gasteiger partial charge in [0.15, 0.2) is 0 Å². The Morgan fingerprint density at radius 3 is 2.58 bits per heavy atom. The first-order valence-corrected chi connectivity index (χ1v) is 8.21. The number of nitrogens with zero attached hydrogens (tertiary/aromatic N) is 3. The van der Waals surface area contributed by atoms with E-state index in [1.807, 2.05) is 0 Å². The number of benzene rings is 1. The fourth-order valence-corrected chi connectivity index (χ4v) is 2.79. The lowest BCUT2D eigenvalue weighted by Gasteiger charge is -2.23. The molecule has 0 spiro atoms. The summed E-state index contributed by atoms with van der Waals surface area (Å²) >= 11 is 5.82. The van der Waals surface area contributed by atoms with Crippen molar-refractivity contribution < 1.29 is 4.79 Å². The molecule has 0 heterocycles. The zero-order valence-corrected chi connectivity index (χ0v) is 14.0. The zero-order chi connectivity index (χ0) is 17.5. The van der Waals surface area contributed by atoms with Gasteiger partial charge in [-0.25, -0.2) is 4.99 Å². The van der Waals surface area contributed by atoms with Crippen LogP contribution in [0.4, 0.5) is 5.69 Å². The average Bonchev–Trinajstić information content (AvgIpc) is 2.57. The summed E-state index contributed by atoms with van der Waals surface area (Å²) in [7, 11) is 0. The van der Waals surface area contributed by atoms with Crippen molar-refractivity contribution in [3.63, 3.8) is 0 Å². The van der Waals surface area contributed by atoms with Crippen LogP contribution in [0.15, 0.2) is 34.3 Å². The van der Waals surface area contributed by atoms with Crippen molar-refractivity contribution in [1.82, 2.24) is 0 Å². The Morgan fingerprint density at radius 1 is 1.29 bits per heavy atom. The molecule has 24 heavy (non-hydrogen) atoms. The number of amidine groups is 1. The molecule has 0 aromatic heterocycles. The highest BCUT2D eigenvalue weighted by Gasteiger charge is 2.25. The van der Waals surface area contributed by atoms with Crippen LogP contribution < -0.4 is 11.5 Å². The quantitative estimate of drug-likeness (QED) is 0.630. The molecule has 4 N–H and O–H groups in total. The number of hydrogen-bond acceptors (Lipinski definition) is 4. The molecule has 3 unspecified atom stereocenters. The molecule has 7 heteroatoms. The Kier molecular flexibility index (Phi) is 6.33. The molecular weight excluding hydrogens is 326 g/mol. The normalized spacial score (nSPS) is 22.9. The third kappa shape index (κ3) is 4.80. The van der Waals surface area contributed by atoms with Gasteiger partial charge < -0.3 is 11.5 Å². The molecule has 1 fully saturated rings. The molecular formula is C17H20ClN5O. The number of primary amides is 1. The van der Waals surface area contributed by atoms with Crippen molar-refractivity contribution in [2.24, 2.45) is 33.3 Å². The number of amides is 1. The highest BCUT2D eigenvalue weighted by atomic mass is 35.5. The number of nitriles is 1. The summed E-state index contributed by atoms with van der Waals surface area (Å²) in [5.74, 6) is -1.59. The van der Waals surface area contributed by atoms with Crippen LogP contribution >= 0.6 is 11.6 Å². The lowest BCUT2D eigenvalue weighted by atomic mass is 9.86. The second-order valence-corrected chi connectivity index (χ2v) is 6.22. The van der Waals surface area contributed by atoms with Crippen LogP contribution in [0.25, 0.3) is 0 Å². The Hall–Kier alpha value is -2.39. The maximum atomic E-state index is 11.7. The van der Waals surface area contributed by atoms with Crippen molar-refractivity contribution in [2.75, 3.05) is 0 Å². The molecule has 1 saturated carbocycles. The monoisotopic (exact) mass is 345 g/mol. The minimum atomic E-state index is -0.901. The highest BCUT2D eigenvalue weighted by Crippen LogP contribution is 2.26. The van der Waals surface area contributed by atoms with E-state index in [9.17, 15) is 10.1 Å². The first kappa shape index (κ1) is 18.0.